The third-order valence-corrected chi connectivity index (χ3v) is 8.29. The third kappa shape index (κ3) is 11.4. The predicted octanol–water partition coefficient (Wildman–Crippen LogP) is 6.82. The molecule has 0 saturated carbocycles. The van der Waals surface area contributed by atoms with E-state index in [0.29, 0.717) is 52.9 Å². The maximum atomic E-state index is 5.75. The molecule has 4 heterocycles. The SMILES string of the molecule is CCOC/C=c1/[nH]c2ccc(cc2)[nH]/c(=C/COCC)c2cccc(c2)/c(=C\COCC)[nH]c2ccc(cc2)[nH]/c(=C/COCC)c2cccc1c2. The number of aromatic nitrogens is 4. The van der Waals surface area contributed by atoms with Gasteiger partial charge < -0.3 is 38.9 Å². The van der Waals surface area contributed by atoms with Gasteiger partial charge in [-0.1, -0.05) is 36.4 Å². The fourth-order valence-corrected chi connectivity index (χ4v) is 5.61. The van der Waals surface area contributed by atoms with Gasteiger partial charge in [0.1, 0.15) is 0 Å². The van der Waals surface area contributed by atoms with Crippen molar-refractivity contribution in [3.05, 3.63) is 118 Å². The Balaban J connectivity index is 1.92. The Morgan fingerprint density at radius 1 is 0.365 bits per heavy atom. The van der Waals surface area contributed by atoms with E-state index in [2.05, 4.69) is 141 Å². The number of benzene rings is 4. The molecular weight excluding hydrogens is 649 g/mol. The van der Waals surface area contributed by atoms with Crippen LogP contribution in [0.25, 0.3) is 67.9 Å². The highest BCUT2D eigenvalue weighted by Gasteiger charge is 1.96. The van der Waals surface area contributed by atoms with Crippen LogP contribution in [-0.4, -0.2) is 72.8 Å². The average molecular weight is 701 g/mol. The number of hydrogen-bond donors (Lipinski definition) is 4. The monoisotopic (exact) mass is 700 g/mol. The number of nitrogens with one attached hydrogen (secondary N) is 4. The van der Waals surface area contributed by atoms with Crippen LogP contribution in [0.1, 0.15) is 27.7 Å². The lowest BCUT2D eigenvalue weighted by Gasteiger charge is -2.01. The summed E-state index contributed by atoms with van der Waals surface area (Å²) in [5, 5.41) is 7.99. The van der Waals surface area contributed by atoms with Crippen molar-refractivity contribution >= 4 is 67.9 Å². The van der Waals surface area contributed by atoms with Crippen molar-refractivity contribution in [3.8, 4) is 0 Å². The molecule has 0 amide bonds. The van der Waals surface area contributed by atoms with Gasteiger partial charge in [0.25, 0.3) is 0 Å². The Kier molecular flexibility index (Phi) is 15.1. The highest BCUT2D eigenvalue weighted by Crippen LogP contribution is 2.05. The van der Waals surface area contributed by atoms with Gasteiger partial charge in [-0.05, 0) is 134 Å². The highest BCUT2D eigenvalue weighted by atomic mass is 16.5. The topological polar surface area (TPSA) is 100 Å². The Morgan fingerprint density at radius 2 is 0.596 bits per heavy atom. The molecule has 0 radical (unpaired) electrons. The lowest BCUT2D eigenvalue weighted by atomic mass is 10.2. The summed E-state index contributed by atoms with van der Waals surface area (Å²) in [6.07, 6.45) is 8.37. The first-order chi connectivity index (χ1) is 25.6. The zero-order valence-corrected chi connectivity index (χ0v) is 30.8. The van der Waals surface area contributed by atoms with Crippen LogP contribution < -0.4 is 21.4 Å². The number of rotatable bonds is 12. The molecule has 8 heteroatoms. The van der Waals surface area contributed by atoms with E-state index in [9.17, 15) is 0 Å². The van der Waals surface area contributed by atoms with Gasteiger partial charge in [0.05, 0.1) is 26.4 Å². The maximum absolute atomic E-state index is 5.75. The van der Waals surface area contributed by atoms with Gasteiger partial charge in [-0.2, -0.15) is 0 Å². The molecular formula is C44H52N4O4. The van der Waals surface area contributed by atoms with Crippen LogP contribution in [0.4, 0.5) is 0 Å². The molecule has 0 saturated heterocycles. The van der Waals surface area contributed by atoms with Crippen molar-refractivity contribution in [2.75, 3.05) is 52.9 Å². The second-order valence-corrected chi connectivity index (χ2v) is 11.9. The summed E-state index contributed by atoms with van der Waals surface area (Å²) in [5.41, 5.74) is 3.85. The van der Waals surface area contributed by atoms with E-state index in [1.807, 2.05) is 27.7 Å². The van der Waals surface area contributed by atoms with Gasteiger partial charge >= 0.3 is 0 Å². The molecule has 8 nitrogen and oxygen atoms in total. The molecule has 8 aromatic rings. The van der Waals surface area contributed by atoms with Crippen molar-refractivity contribution in [3.63, 3.8) is 0 Å². The minimum atomic E-state index is 0.490. The second-order valence-electron chi connectivity index (χ2n) is 11.9. The lowest BCUT2D eigenvalue weighted by Crippen LogP contribution is -2.11. The number of H-pyrrole nitrogens is 4. The molecule has 0 aliphatic carbocycles. The third-order valence-electron chi connectivity index (χ3n) is 8.29. The average Bonchev–Trinajstić information content (AvgIpc) is 3.17. The van der Waals surface area contributed by atoms with E-state index in [1.165, 1.54) is 0 Å². The van der Waals surface area contributed by atoms with E-state index < -0.39 is 0 Å². The molecule has 8 bridgehead atoms. The molecule has 0 atom stereocenters. The minimum Gasteiger partial charge on any atom is -0.378 e. The Morgan fingerprint density at radius 3 is 0.808 bits per heavy atom. The van der Waals surface area contributed by atoms with Crippen LogP contribution in [0.5, 0.6) is 0 Å². The summed E-state index contributed by atoms with van der Waals surface area (Å²) in [5.74, 6) is 0. The first-order valence-corrected chi connectivity index (χ1v) is 18.2. The summed E-state index contributed by atoms with van der Waals surface area (Å²) in [6, 6.07) is 33.7. The fourth-order valence-electron chi connectivity index (χ4n) is 5.61. The van der Waals surface area contributed by atoms with E-state index in [0.717, 1.165) is 65.0 Å². The van der Waals surface area contributed by atoms with E-state index >= 15 is 0 Å². The van der Waals surface area contributed by atoms with Gasteiger partial charge in [-0.25, -0.2) is 0 Å². The van der Waals surface area contributed by atoms with E-state index in [4.69, 9.17) is 18.9 Å². The quantitative estimate of drug-likeness (QED) is 0.108. The Bertz CT molecular complexity index is 2030. The fraction of sp³-hybridized carbons (Fsp3) is 0.273. The molecule has 0 aliphatic heterocycles. The van der Waals surface area contributed by atoms with Gasteiger partial charge in [0.15, 0.2) is 0 Å². The normalized spacial score (nSPS) is 12.8. The number of aromatic amines is 4. The molecule has 0 fully saturated rings. The van der Waals surface area contributed by atoms with Gasteiger partial charge in [-0.3, -0.25) is 0 Å². The molecule has 52 heavy (non-hydrogen) atoms. The van der Waals surface area contributed by atoms with Crippen molar-refractivity contribution in [1.82, 2.24) is 19.9 Å². The second kappa shape index (κ2) is 20.7. The zero-order valence-electron chi connectivity index (χ0n) is 30.8. The van der Waals surface area contributed by atoms with Crippen LogP contribution in [0.15, 0.2) is 97.1 Å². The van der Waals surface area contributed by atoms with Crippen LogP contribution in [0, 0.1) is 0 Å². The smallest absolute Gasteiger partial charge is 0.0670 e. The molecule has 0 aliphatic rings. The summed E-state index contributed by atoms with van der Waals surface area (Å²) < 4.78 is 23.0. The number of ether oxygens (including phenoxy) is 4. The molecule has 4 N–H and O–H groups in total. The minimum absolute atomic E-state index is 0.490. The molecule has 8 rings (SSSR count). The van der Waals surface area contributed by atoms with Crippen LogP contribution in [0.2, 0.25) is 0 Å². The highest BCUT2D eigenvalue weighted by molar-refractivity contribution is 5.71. The van der Waals surface area contributed by atoms with Crippen molar-refractivity contribution in [2.45, 2.75) is 27.7 Å². The summed E-state index contributed by atoms with van der Waals surface area (Å²) >= 11 is 0. The maximum Gasteiger partial charge on any atom is 0.0670 e. The van der Waals surface area contributed by atoms with Gasteiger partial charge in [0.2, 0.25) is 0 Å². The summed E-state index contributed by atoms with van der Waals surface area (Å²) in [7, 11) is 0. The molecule has 272 valence electrons. The summed E-state index contributed by atoms with van der Waals surface area (Å²) in [4.78, 5) is 14.6. The first kappa shape index (κ1) is 38.1. The van der Waals surface area contributed by atoms with Gasteiger partial charge in [0, 0.05) is 69.9 Å². The molecule has 4 aromatic heterocycles. The largest absolute Gasteiger partial charge is 0.378 e. The van der Waals surface area contributed by atoms with Crippen LogP contribution in [-0.2, 0) is 18.9 Å². The predicted molar refractivity (Wildman–Crippen MR) is 218 cm³/mol. The standard InChI is InChI=1S/C44H52N4O4/c1-5-49-27-23-41-33-11-9-12-34(31-33)42(24-28-50-6-2)46-39-19-21-40(22-20-39)48-44(26-30-52-8-4)36-14-10-13-35(32-36)43(25-29-51-7-3)47-38-17-15-37(45-41)16-18-38/h9-26,31-32,45-48H,5-8,27-30H2,1-4H3/b41-23+,42-24+,43-25+,44-26+. The Hall–Kier alpha value is -5.12. The molecule has 4 aromatic carbocycles. The van der Waals surface area contributed by atoms with Gasteiger partial charge in [-0.15, -0.1) is 0 Å². The van der Waals surface area contributed by atoms with Crippen molar-refractivity contribution in [1.29, 1.82) is 0 Å². The van der Waals surface area contributed by atoms with E-state index in [-0.39, 0.29) is 0 Å². The van der Waals surface area contributed by atoms with Crippen LogP contribution >= 0.6 is 0 Å². The van der Waals surface area contributed by atoms with E-state index in [1.54, 1.807) is 0 Å². The van der Waals surface area contributed by atoms with Crippen LogP contribution in [0.3, 0.4) is 0 Å². The van der Waals surface area contributed by atoms with Crippen molar-refractivity contribution in [2.24, 2.45) is 0 Å². The first-order valence-electron chi connectivity index (χ1n) is 18.2. The molecule has 0 spiro atoms. The van der Waals surface area contributed by atoms with Crippen molar-refractivity contribution < 1.29 is 18.9 Å². The number of hydrogen-bond acceptors (Lipinski definition) is 4. The Labute approximate surface area is 305 Å². The molecule has 0 unspecified atom stereocenters. The lowest BCUT2D eigenvalue weighted by molar-refractivity contribution is 0.185. The summed E-state index contributed by atoms with van der Waals surface area (Å²) in [6.45, 7) is 12.5. The zero-order chi connectivity index (χ0) is 36.4.